The number of rotatable bonds is 9. The van der Waals surface area contributed by atoms with Crippen molar-refractivity contribution in [1.29, 1.82) is 0 Å². The van der Waals surface area contributed by atoms with E-state index < -0.39 is 16.0 Å². The average molecular weight is 569 g/mol. The van der Waals surface area contributed by atoms with Crippen LogP contribution in [0.2, 0.25) is 5.02 Å². The number of sulfonamides is 1. The number of halogens is 1. The lowest BCUT2D eigenvalue weighted by atomic mass is 10.00. The van der Waals surface area contributed by atoms with Gasteiger partial charge >= 0.3 is 5.97 Å². The highest BCUT2D eigenvalue weighted by Crippen LogP contribution is 2.35. The van der Waals surface area contributed by atoms with Crippen LogP contribution in [0.5, 0.6) is 5.88 Å². The standard InChI is InChI=1S/C28H29ClN4O5S/c1-32(2)14-15-33(39(4,36)37)24-13-11-20(17-22(24)29)30-26(18-8-6-5-7-9-18)25-21-12-10-19(28(35)38-3)16-23(21)31-27(25)34/h5-13,16-17,31,34H,14-15H2,1-4H3. The van der Waals surface area contributed by atoms with Gasteiger partial charge in [-0.3, -0.25) is 4.31 Å². The van der Waals surface area contributed by atoms with Crippen LogP contribution in [0.15, 0.2) is 71.7 Å². The highest BCUT2D eigenvalue weighted by molar-refractivity contribution is 7.92. The molecule has 204 valence electrons. The lowest BCUT2D eigenvalue weighted by Gasteiger charge is -2.25. The van der Waals surface area contributed by atoms with E-state index in [9.17, 15) is 18.3 Å². The number of carbonyl (C=O) groups excluding carboxylic acids is 1. The van der Waals surface area contributed by atoms with Gasteiger partial charge in [-0.15, -0.1) is 0 Å². The average Bonchev–Trinajstić information content (AvgIpc) is 3.22. The number of nitrogens with zero attached hydrogens (tertiary/aromatic N) is 3. The minimum absolute atomic E-state index is 0.121. The second-order valence-electron chi connectivity index (χ2n) is 9.20. The molecule has 0 saturated heterocycles. The number of aromatic nitrogens is 1. The van der Waals surface area contributed by atoms with Gasteiger partial charge in [0.05, 0.1) is 46.6 Å². The molecule has 0 amide bonds. The molecule has 0 spiro atoms. The first-order chi connectivity index (χ1) is 18.5. The Morgan fingerprint density at radius 1 is 1.03 bits per heavy atom. The quantitative estimate of drug-likeness (QED) is 0.221. The number of nitrogens with one attached hydrogen (secondary N) is 1. The van der Waals surface area contributed by atoms with Gasteiger partial charge in [-0.1, -0.05) is 48.0 Å². The van der Waals surface area contributed by atoms with E-state index in [0.717, 1.165) is 11.8 Å². The largest absolute Gasteiger partial charge is 0.494 e. The Bertz CT molecular complexity index is 1650. The van der Waals surface area contributed by atoms with Gasteiger partial charge in [-0.2, -0.15) is 0 Å². The third-order valence-electron chi connectivity index (χ3n) is 6.08. The summed E-state index contributed by atoms with van der Waals surface area (Å²) in [5.74, 6) is -0.614. The van der Waals surface area contributed by atoms with Gasteiger partial charge in [-0.05, 0) is 44.4 Å². The van der Waals surface area contributed by atoms with Crippen LogP contribution in [-0.2, 0) is 14.8 Å². The molecule has 11 heteroatoms. The SMILES string of the molecule is COC(=O)c1ccc2c(C(=Nc3ccc(N(CCN(C)C)S(C)(=O)=O)c(Cl)c3)c3ccccc3)c(O)[nH]c2c1. The van der Waals surface area contributed by atoms with Crippen LogP contribution < -0.4 is 4.31 Å². The van der Waals surface area contributed by atoms with Gasteiger partial charge in [0, 0.05) is 29.6 Å². The first-order valence-corrected chi connectivity index (χ1v) is 14.2. The van der Waals surface area contributed by atoms with E-state index in [-0.39, 0.29) is 17.4 Å². The fourth-order valence-corrected chi connectivity index (χ4v) is 5.44. The fourth-order valence-electron chi connectivity index (χ4n) is 4.18. The summed E-state index contributed by atoms with van der Waals surface area (Å²) in [7, 11) is 1.45. The van der Waals surface area contributed by atoms with E-state index in [4.69, 9.17) is 21.3 Å². The fraction of sp³-hybridized carbons (Fsp3) is 0.214. The van der Waals surface area contributed by atoms with E-state index in [0.29, 0.717) is 45.7 Å². The van der Waals surface area contributed by atoms with Gasteiger partial charge in [0.15, 0.2) is 5.88 Å². The van der Waals surface area contributed by atoms with Crippen molar-refractivity contribution in [2.75, 3.05) is 44.9 Å². The Kier molecular flexibility index (Phi) is 8.29. The van der Waals surface area contributed by atoms with Crippen molar-refractivity contribution in [3.63, 3.8) is 0 Å². The van der Waals surface area contributed by atoms with Crippen LogP contribution in [0.25, 0.3) is 10.9 Å². The molecule has 0 aliphatic rings. The summed E-state index contributed by atoms with van der Waals surface area (Å²) < 4.78 is 31.1. The van der Waals surface area contributed by atoms with Gasteiger partial charge in [0.1, 0.15) is 0 Å². The zero-order valence-corrected chi connectivity index (χ0v) is 23.5. The first kappa shape index (κ1) is 28.2. The van der Waals surface area contributed by atoms with E-state index in [1.165, 1.54) is 11.4 Å². The number of aromatic amines is 1. The Morgan fingerprint density at radius 3 is 2.36 bits per heavy atom. The Labute approximate surface area is 232 Å². The number of H-pyrrole nitrogens is 1. The van der Waals surface area contributed by atoms with Gasteiger partial charge < -0.3 is 19.7 Å². The predicted molar refractivity (Wildman–Crippen MR) is 155 cm³/mol. The maximum Gasteiger partial charge on any atom is 0.337 e. The molecule has 0 fully saturated rings. The van der Waals surface area contributed by atoms with Gasteiger partial charge in [0.25, 0.3) is 0 Å². The Morgan fingerprint density at radius 2 is 1.74 bits per heavy atom. The molecule has 1 heterocycles. The molecule has 1 aromatic heterocycles. The number of benzene rings is 3. The van der Waals surface area contributed by atoms with Crippen LogP contribution in [0.3, 0.4) is 0 Å². The molecule has 0 radical (unpaired) electrons. The van der Waals surface area contributed by atoms with E-state index in [1.807, 2.05) is 49.3 Å². The maximum absolute atomic E-state index is 12.5. The summed E-state index contributed by atoms with van der Waals surface area (Å²) in [5, 5.41) is 11.8. The second kappa shape index (κ2) is 11.5. The van der Waals surface area contributed by atoms with Crippen molar-refractivity contribution in [2.24, 2.45) is 4.99 Å². The van der Waals surface area contributed by atoms with E-state index >= 15 is 0 Å². The van der Waals surface area contributed by atoms with Crippen LogP contribution in [0, 0.1) is 0 Å². The first-order valence-electron chi connectivity index (χ1n) is 12.0. The number of esters is 1. The number of fused-ring (bicyclic) bond motifs is 1. The number of aromatic hydroxyl groups is 1. The monoisotopic (exact) mass is 568 g/mol. The number of likely N-dealkylation sites (N-methyl/N-ethyl adjacent to an activating group) is 1. The minimum Gasteiger partial charge on any atom is -0.494 e. The van der Waals surface area contributed by atoms with E-state index in [2.05, 4.69) is 4.98 Å². The third kappa shape index (κ3) is 6.25. The lowest BCUT2D eigenvalue weighted by molar-refractivity contribution is 0.0601. The molecule has 39 heavy (non-hydrogen) atoms. The smallest absolute Gasteiger partial charge is 0.337 e. The normalized spacial score (nSPS) is 12.2. The number of aliphatic imine (C=N–C) groups is 1. The summed E-state index contributed by atoms with van der Waals surface area (Å²) in [6.07, 6.45) is 1.14. The molecule has 0 bridgehead atoms. The number of hydrogen-bond donors (Lipinski definition) is 2. The minimum atomic E-state index is -3.58. The molecule has 3 aromatic carbocycles. The predicted octanol–water partition coefficient (Wildman–Crippen LogP) is 4.81. The molecule has 0 unspecified atom stereocenters. The van der Waals surface area contributed by atoms with Crippen LogP contribution >= 0.6 is 11.6 Å². The number of ether oxygens (including phenoxy) is 1. The van der Waals surface area contributed by atoms with Gasteiger partial charge in [-0.25, -0.2) is 18.2 Å². The summed E-state index contributed by atoms with van der Waals surface area (Å²) in [4.78, 5) is 21.7. The van der Waals surface area contributed by atoms with Crippen LogP contribution in [-0.4, -0.2) is 75.6 Å². The third-order valence-corrected chi connectivity index (χ3v) is 7.56. The van der Waals surface area contributed by atoms with Crippen molar-refractivity contribution in [2.45, 2.75) is 0 Å². The summed E-state index contributed by atoms with van der Waals surface area (Å²) in [6, 6.07) is 19.2. The Balaban J connectivity index is 1.84. The number of methoxy groups -OCH3 is 1. The molecule has 9 nitrogen and oxygen atoms in total. The molecule has 0 atom stereocenters. The van der Waals surface area contributed by atoms with Crippen molar-refractivity contribution in [3.8, 4) is 5.88 Å². The Hall–Kier alpha value is -3.86. The number of hydrogen-bond acceptors (Lipinski definition) is 7. The molecule has 0 saturated carbocycles. The molecule has 4 rings (SSSR count). The van der Waals surface area contributed by atoms with E-state index in [1.54, 1.807) is 36.4 Å². The zero-order valence-electron chi connectivity index (χ0n) is 22.0. The topological polar surface area (TPSA) is 115 Å². The maximum atomic E-state index is 12.5. The summed E-state index contributed by atoms with van der Waals surface area (Å²) in [5.41, 5.74) is 3.32. The highest BCUT2D eigenvalue weighted by Gasteiger charge is 2.22. The van der Waals surface area contributed by atoms with Crippen molar-refractivity contribution in [1.82, 2.24) is 9.88 Å². The van der Waals surface area contributed by atoms with Crippen molar-refractivity contribution < 1.29 is 23.1 Å². The lowest BCUT2D eigenvalue weighted by Crippen LogP contribution is -2.36. The van der Waals surface area contributed by atoms with Gasteiger partial charge in [0.2, 0.25) is 10.0 Å². The zero-order chi connectivity index (χ0) is 28.3. The number of carbonyl (C=O) groups is 1. The molecule has 2 N–H and O–H groups in total. The van der Waals surface area contributed by atoms with Crippen LogP contribution in [0.4, 0.5) is 11.4 Å². The highest BCUT2D eigenvalue weighted by atomic mass is 35.5. The second-order valence-corrected chi connectivity index (χ2v) is 11.5. The molecule has 0 aliphatic heterocycles. The molecule has 4 aromatic rings. The number of anilines is 1. The van der Waals surface area contributed by atoms with Crippen LogP contribution in [0.1, 0.15) is 21.5 Å². The molecule has 0 aliphatic carbocycles. The van der Waals surface area contributed by atoms with Crippen molar-refractivity contribution in [3.05, 3.63) is 88.4 Å². The molecular formula is C28H29ClN4O5S. The van der Waals surface area contributed by atoms with Crippen molar-refractivity contribution >= 4 is 55.6 Å². The molecular weight excluding hydrogens is 540 g/mol. The summed E-state index contributed by atoms with van der Waals surface area (Å²) in [6.45, 7) is 0.749. The summed E-state index contributed by atoms with van der Waals surface area (Å²) >= 11 is 6.60.